The van der Waals surface area contributed by atoms with Gasteiger partial charge in [0.05, 0.1) is 12.2 Å². The van der Waals surface area contributed by atoms with Gasteiger partial charge in [-0.25, -0.2) is 0 Å². The quantitative estimate of drug-likeness (QED) is 0.631. The van der Waals surface area contributed by atoms with E-state index in [1.165, 1.54) is 0 Å². The fourth-order valence-corrected chi connectivity index (χ4v) is 0.828. The minimum atomic E-state index is 0.333. The van der Waals surface area contributed by atoms with E-state index < -0.39 is 0 Å². The van der Waals surface area contributed by atoms with Crippen molar-refractivity contribution in [3.8, 4) is 0 Å². The molecule has 0 aliphatic rings. The van der Waals surface area contributed by atoms with E-state index in [-0.39, 0.29) is 0 Å². The molecule has 10 heavy (non-hydrogen) atoms. The van der Waals surface area contributed by atoms with Gasteiger partial charge in [-0.15, -0.1) is 0 Å². The molecule has 2 nitrogen and oxygen atoms in total. The van der Waals surface area contributed by atoms with E-state index in [4.69, 9.17) is 4.74 Å². The van der Waals surface area contributed by atoms with Gasteiger partial charge < -0.3 is 10.1 Å². The lowest BCUT2D eigenvalue weighted by molar-refractivity contribution is 0.00842. The van der Waals surface area contributed by atoms with E-state index in [2.05, 4.69) is 26.1 Å². The highest BCUT2D eigenvalue weighted by molar-refractivity contribution is 4.55. The zero-order valence-electron chi connectivity index (χ0n) is 7.48. The van der Waals surface area contributed by atoms with Gasteiger partial charge in [-0.3, -0.25) is 0 Å². The van der Waals surface area contributed by atoms with Gasteiger partial charge in [-0.1, -0.05) is 6.92 Å². The molecule has 0 saturated carbocycles. The predicted octanol–water partition coefficient (Wildman–Crippen LogP) is 1.41. The molecule has 0 heterocycles. The molecule has 0 aliphatic carbocycles. The van der Waals surface area contributed by atoms with Crippen molar-refractivity contribution >= 4 is 0 Å². The average molecular weight is 145 g/mol. The molecule has 2 heteroatoms. The van der Waals surface area contributed by atoms with Crippen molar-refractivity contribution in [2.75, 3.05) is 13.6 Å². The van der Waals surface area contributed by atoms with Gasteiger partial charge in [-0.05, 0) is 27.3 Å². The Morgan fingerprint density at radius 2 is 1.90 bits per heavy atom. The summed E-state index contributed by atoms with van der Waals surface area (Å²) in [7, 11) is 1.94. The fraction of sp³-hybridized carbons (Fsp3) is 1.00. The molecular weight excluding hydrogens is 126 g/mol. The first kappa shape index (κ1) is 9.92. The molecule has 0 aromatic carbocycles. The highest BCUT2D eigenvalue weighted by atomic mass is 16.5. The van der Waals surface area contributed by atoms with Crippen LogP contribution < -0.4 is 5.32 Å². The van der Waals surface area contributed by atoms with Crippen LogP contribution in [0.25, 0.3) is 0 Å². The van der Waals surface area contributed by atoms with Gasteiger partial charge in [-0.2, -0.15) is 0 Å². The molecule has 1 N–H and O–H groups in total. The number of ether oxygens (including phenoxy) is 1. The van der Waals surface area contributed by atoms with Crippen LogP contribution in [0, 0.1) is 0 Å². The van der Waals surface area contributed by atoms with Crippen molar-refractivity contribution in [3.05, 3.63) is 0 Å². The molecular formula is C8H19NO. The standard InChI is InChI=1S/C8H19NO/c1-5-7(2)10-8(3)6-9-4/h7-9H,5-6H2,1-4H3. The molecule has 0 aromatic rings. The summed E-state index contributed by atoms with van der Waals surface area (Å²) in [6.45, 7) is 7.26. The second-order valence-corrected chi connectivity index (χ2v) is 2.72. The predicted molar refractivity (Wildman–Crippen MR) is 44.2 cm³/mol. The largest absolute Gasteiger partial charge is 0.374 e. The van der Waals surface area contributed by atoms with Crippen molar-refractivity contribution in [2.45, 2.75) is 39.4 Å². The molecule has 0 fully saturated rings. The summed E-state index contributed by atoms with van der Waals surface area (Å²) in [6, 6.07) is 0. The zero-order valence-corrected chi connectivity index (χ0v) is 7.48. The van der Waals surface area contributed by atoms with E-state index in [0.717, 1.165) is 13.0 Å². The van der Waals surface area contributed by atoms with Gasteiger partial charge in [0.25, 0.3) is 0 Å². The highest BCUT2D eigenvalue weighted by Crippen LogP contribution is 1.99. The molecule has 0 bridgehead atoms. The first-order valence-corrected chi connectivity index (χ1v) is 4.00. The van der Waals surface area contributed by atoms with Gasteiger partial charge >= 0.3 is 0 Å². The number of likely N-dealkylation sites (N-methyl/N-ethyl adjacent to an activating group) is 1. The topological polar surface area (TPSA) is 21.3 Å². The van der Waals surface area contributed by atoms with Crippen molar-refractivity contribution in [3.63, 3.8) is 0 Å². The highest BCUT2D eigenvalue weighted by Gasteiger charge is 2.04. The summed E-state index contributed by atoms with van der Waals surface area (Å²) in [5.41, 5.74) is 0. The Morgan fingerprint density at radius 1 is 1.30 bits per heavy atom. The Balaban J connectivity index is 3.27. The van der Waals surface area contributed by atoms with Crippen molar-refractivity contribution < 1.29 is 4.74 Å². The SMILES string of the molecule is CCC(C)OC(C)CNC. The molecule has 2 atom stereocenters. The monoisotopic (exact) mass is 145 g/mol. The lowest BCUT2D eigenvalue weighted by Crippen LogP contribution is -2.26. The minimum absolute atomic E-state index is 0.333. The third-order valence-electron chi connectivity index (χ3n) is 1.53. The maximum Gasteiger partial charge on any atom is 0.0674 e. The Kier molecular flexibility index (Phi) is 5.64. The van der Waals surface area contributed by atoms with E-state index in [9.17, 15) is 0 Å². The molecule has 0 spiro atoms. The third kappa shape index (κ3) is 4.77. The summed E-state index contributed by atoms with van der Waals surface area (Å²) in [5, 5.41) is 3.07. The van der Waals surface area contributed by atoms with Crippen LogP contribution >= 0.6 is 0 Å². The lowest BCUT2D eigenvalue weighted by Gasteiger charge is -2.17. The normalized spacial score (nSPS) is 16.8. The van der Waals surface area contributed by atoms with Crippen molar-refractivity contribution in [1.82, 2.24) is 5.32 Å². The summed E-state index contributed by atoms with van der Waals surface area (Å²) >= 11 is 0. The smallest absolute Gasteiger partial charge is 0.0674 e. The number of hydrogen-bond donors (Lipinski definition) is 1. The second-order valence-electron chi connectivity index (χ2n) is 2.72. The number of hydrogen-bond acceptors (Lipinski definition) is 2. The first-order chi connectivity index (χ1) is 4.70. The van der Waals surface area contributed by atoms with Gasteiger partial charge in [0.2, 0.25) is 0 Å². The van der Waals surface area contributed by atoms with Crippen LogP contribution in [0.3, 0.4) is 0 Å². The van der Waals surface area contributed by atoms with Gasteiger partial charge in [0, 0.05) is 6.54 Å². The molecule has 2 unspecified atom stereocenters. The molecule has 0 aliphatic heterocycles. The Labute approximate surface area is 64.0 Å². The van der Waals surface area contributed by atoms with E-state index in [1.807, 2.05) is 7.05 Å². The van der Waals surface area contributed by atoms with E-state index in [0.29, 0.717) is 12.2 Å². The van der Waals surface area contributed by atoms with Crippen LogP contribution in [0.4, 0.5) is 0 Å². The zero-order chi connectivity index (χ0) is 7.98. The number of rotatable bonds is 5. The van der Waals surface area contributed by atoms with E-state index in [1.54, 1.807) is 0 Å². The minimum Gasteiger partial charge on any atom is -0.374 e. The molecule has 0 aromatic heterocycles. The van der Waals surface area contributed by atoms with Crippen LogP contribution in [-0.2, 0) is 4.74 Å². The maximum absolute atomic E-state index is 5.58. The number of nitrogens with one attached hydrogen (secondary N) is 1. The molecule has 0 saturated heterocycles. The molecule has 62 valence electrons. The van der Waals surface area contributed by atoms with Crippen LogP contribution in [-0.4, -0.2) is 25.8 Å². The van der Waals surface area contributed by atoms with Crippen LogP contribution in [0.1, 0.15) is 27.2 Å². The third-order valence-corrected chi connectivity index (χ3v) is 1.53. The lowest BCUT2D eigenvalue weighted by atomic mass is 10.3. The summed E-state index contributed by atoms with van der Waals surface area (Å²) in [5.74, 6) is 0. The average Bonchev–Trinajstić information content (AvgIpc) is 1.88. The van der Waals surface area contributed by atoms with Crippen molar-refractivity contribution in [2.24, 2.45) is 0 Å². The van der Waals surface area contributed by atoms with Crippen LogP contribution in [0.15, 0.2) is 0 Å². The van der Waals surface area contributed by atoms with Gasteiger partial charge in [0.15, 0.2) is 0 Å². The maximum atomic E-state index is 5.58. The summed E-state index contributed by atoms with van der Waals surface area (Å²) in [4.78, 5) is 0. The molecule has 0 radical (unpaired) electrons. The van der Waals surface area contributed by atoms with E-state index >= 15 is 0 Å². The second kappa shape index (κ2) is 5.69. The van der Waals surface area contributed by atoms with Gasteiger partial charge in [0.1, 0.15) is 0 Å². The van der Waals surface area contributed by atoms with Crippen LogP contribution in [0.5, 0.6) is 0 Å². The Morgan fingerprint density at radius 3 is 2.30 bits per heavy atom. The Bertz CT molecular complexity index is 75.7. The molecule has 0 rings (SSSR count). The Hall–Kier alpha value is -0.0800. The van der Waals surface area contributed by atoms with Crippen LogP contribution in [0.2, 0.25) is 0 Å². The van der Waals surface area contributed by atoms with Crippen molar-refractivity contribution in [1.29, 1.82) is 0 Å². The molecule has 0 amide bonds. The summed E-state index contributed by atoms with van der Waals surface area (Å²) < 4.78 is 5.58. The fourth-order valence-electron chi connectivity index (χ4n) is 0.828. The first-order valence-electron chi connectivity index (χ1n) is 4.00. The summed E-state index contributed by atoms with van der Waals surface area (Å²) in [6.07, 6.45) is 1.82.